The van der Waals surface area contributed by atoms with E-state index in [2.05, 4.69) is 39.0 Å². The molecule has 1 aromatic carbocycles. The first-order chi connectivity index (χ1) is 10.7. The van der Waals surface area contributed by atoms with Crippen molar-refractivity contribution >= 4 is 10.9 Å². The topological polar surface area (TPSA) is 42.5 Å². The molecule has 22 heavy (non-hydrogen) atoms. The summed E-state index contributed by atoms with van der Waals surface area (Å²) in [7, 11) is 0. The fourth-order valence-corrected chi connectivity index (χ4v) is 3.99. The highest BCUT2D eigenvalue weighted by molar-refractivity contribution is 5.84. The van der Waals surface area contributed by atoms with Gasteiger partial charge >= 0.3 is 0 Å². The predicted octanol–water partition coefficient (Wildman–Crippen LogP) is 1.98. The van der Waals surface area contributed by atoms with E-state index >= 15 is 0 Å². The molecule has 2 N–H and O–H groups in total. The number of benzene rings is 1. The van der Waals surface area contributed by atoms with Gasteiger partial charge in [-0.1, -0.05) is 18.2 Å². The molecule has 2 aliphatic rings. The molecule has 4 heteroatoms. The first-order valence-corrected chi connectivity index (χ1v) is 8.43. The summed E-state index contributed by atoms with van der Waals surface area (Å²) in [6, 6.07) is 9.29. The Labute approximate surface area is 131 Å². The van der Waals surface area contributed by atoms with Crippen molar-refractivity contribution in [2.75, 3.05) is 26.2 Å². The Morgan fingerprint density at radius 3 is 3.05 bits per heavy atom. The van der Waals surface area contributed by atoms with Crippen LogP contribution in [0.2, 0.25) is 0 Å². The van der Waals surface area contributed by atoms with Crippen molar-refractivity contribution in [3.8, 4) is 0 Å². The van der Waals surface area contributed by atoms with Crippen LogP contribution in [0, 0.1) is 0 Å². The molecule has 0 spiro atoms. The Kier molecular flexibility index (Phi) is 3.68. The number of aliphatic hydroxyl groups is 1. The van der Waals surface area contributed by atoms with Crippen LogP contribution in [0.5, 0.6) is 0 Å². The van der Waals surface area contributed by atoms with Crippen molar-refractivity contribution in [2.45, 2.75) is 38.5 Å². The Morgan fingerprint density at radius 2 is 2.18 bits per heavy atom. The first-order valence-electron chi connectivity index (χ1n) is 8.43. The van der Waals surface area contributed by atoms with Gasteiger partial charge in [0.25, 0.3) is 0 Å². The molecule has 1 fully saturated rings. The van der Waals surface area contributed by atoms with Gasteiger partial charge in [-0.15, -0.1) is 0 Å². The second kappa shape index (κ2) is 5.69. The van der Waals surface area contributed by atoms with E-state index in [0.29, 0.717) is 6.04 Å². The molecule has 0 radical (unpaired) electrons. The highest BCUT2D eigenvalue weighted by Crippen LogP contribution is 2.31. The standard InChI is InChI=1S/C18H25N3O/c1-13(22)6-7-20-8-9-21-12-18-16(10-14(21)11-20)15-4-2-3-5-17(15)19-18/h2-5,13-14,19,22H,6-12H2,1H3. The third-order valence-electron chi connectivity index (χ3n) is 5.25. The lowest BCUT2D eigenvalue weighted by Gasteiger charge is -2.44. The molecule has 0 amide bonds. The van der Waals surface area contributed by atoms with Crippen LogP contribution in [0.25, 0.3) is 10.9 Å². The van der Waals surface area contributed by atoms with Crippen molar-refractivity contribution in [3.05, 3.63) is 35.5 Å². The average Bonchev–Trinajstić information content (AvgIpc) is 2.88. The van der Waals surface area contributed by atoms with E-state index in [4.69, 9.17) is 0 Å². The number of aromatic nitrogens is 1. The van der Waals surface area contributed by atoms with Gasteiger partial charge in [0.2, 0.25) is 0 Å². The molecule has 1 aromatic heterocycles. The number of H-pyrrole nitrogens is 1. The molecule has 4 rings (SSSR count). The van der Waals surface area contributed by atoms with E-state index in [1.807, 2.05) is 6.92 Å². The summed E-state index contributed by atoms with van der Waals surface area (Å²) >= 11 is 0. The largest absolute Gasteiger partial charge is 0.393 e. The number of hydrogen-bond donors (Lipinski definition) is 2. The Morgan fingerprint density at radius 1 is 1.32 bits per heavy atom. The third kappa shape index (κ3) is 2.56. The number of nitrogens with one attached hydrogen (secondary N) is 1. The molecule has 1 saturated heterocycles. The van der Waals surface area contributed by atoms with E-state index in [-0.39, 0.29) is 6.10 Å². The lowest BCUT2D eigenvalue weighted by Crippen LogP contribution is -2.55. The molecule has 2 aromatic rings. The summed E-state index contributed by atoms with van der Waals surface area (Å²) in [6.07, 6.45) is 1.83. The van der Waals surface area contributed by atoms with Crippen LogP contribution in [-0.4, -0.2) is 58.2 Å². The molecule has 0 aliphatic carbocycles. The minimum absolute atomic E-state index is 0.190. The zero-order valence-corrected chi connectivity index (χ0v) is 13.3. The minimum atomic E-state index is -0.190. The molecule has 2 unspecified atom stereocenters. The summed E-state index contributed by atoms with van der Waals surface area (Å²) in [6.45, 7) is 7.35. The molecule has 0 bridgehead atoms. The minimum Gasteiger partial charge on any atom is -0.393 e. The summed E-state index contributed by atoms with van der Waals surface area (Å²) in [4.78, 5) is 8.76. The van der Waals surface area contributed by atoms with Crippen molar-refractivity contribution in [2.24, 2.45) is 0 Å². The van der Waals surface area contributed by atoms with Crippen molar-refractivity contribution in [3.63, 3.8) is 0 Å². The number of nitrogens with zero attached hydrogens (tertiary/aromatic N) is 2. The number of rotatable bonds is 3. The number of aliphatic hydroxyl groups excluding tert-OH is 1. The zero-order valence-electron chi connectivity index (χ0n) is 13.3. The van der Waals surface area contributed by atoms with Gasteiger partial charge in [-0.2, -0.15) is 0 Å². The van der Waals surface area contributed by atoms with E-state index in [1.54, 1.807) is 0 Å². The summed E-state index contributed by atoms with van der Waals surface area (Å²) in [5.41, 5.74) is 4.21. The lowest BCUT2D eigenvalue weighted by atomic mass is 9.94. The summed E-state index contributed by atoms with van der Waals surface area (Å²) in [5.74, 6) is 0. The fraction of sp³-hybridized carbons (Fsp3) is 0.556. The van der Waals surface area contributed by atoms with Gasteiger partial charge in [0.05, 0.1) is 6.10 Å². The summed E-state index contributed by atoms with van der Waals surface area (Å²) in [5, 5.41) is 10.9. The van der Waals surface area contributed by atoms with Crippen LogP contribution in [-0.2, 0) is 13.0 Å². The molecule has 118 valence electrons. The van der Waals surface area contributed by atoms with E-state index in [0.717, 1.165) is 45.6 Å². The maximum absolute atomic E-state index is 9.49. The van der Waals surface area contributed by atoms with Gasteiger partial charge < -0.3 is 15.0 Å². The summed E-state index contributed by atoms with van der Waals surface area (Å²) < 4.78 is 0. The zero-order chi connectivity index (χ0) is 15.1. The maximum atomic E-state index is 9.49. The van der Waals surface area contributed by atoms with Crippen LogP contribution in [0.3, 0.4) is 0 Å². The predicted molar refractivity (Wildman–Crippen MR) is 88.9 cm³/mol. The number of fused-ring (bicyclic) bond motifs is 4. The van der Waals surface area contributed by atoms with Crippen LogP contribution in [0.4, 0.5) is 0 Å². The van der Waals surface area contributed by atoms with Gasteiger partial charge in [-0.05, 0) is 31.4 Å². The molecule has 2 aliphatic heterocycles. The average molecular weight is 299 g/mol. The van der Waals surface area contributed by atoms with Gasteiger partial charge in [-0.3, -0.25) is 4.90 Å². The Hall–Kier alpha value is -1.36. The third-order valence-corrected chi connectivity index (χ3v) is 5.25. The number of piperazine rings is 1. The van der Waals surface area contributed by atoms with Crippen LogP contribution < -0.4 is 0 Å². The molecule has 4 nitrogen and oxygen atoms in total. The second-order valence-corrected chi connectivity index (χ2v) is 6.89. The fourth-order valence-electron chi connectivity index (χ4n) is 3.99. The molecular formula is C18H25N3O. The Bertz CT molecular complexity index is 663. The van der Waals surface area contributed by atoms with Crippen molar-refractivity contribution in [1.29, 1.82) is 0 Å². The molecule has 3 heterocycles. The van der Waals surface area contributed by atoms with E-state index < -0.39 is 0 Å². The van der Waals surface area contributed by atoms with Crippen LogP contribution in [0.15, 0.2) is 24.3 Å². The Balaban J connectivity index is 1.53. The van der Waals surface area contributed by atoms with Gasteiger partial charge in [0, 0.05) is 55.4 Å². The number of hydrogen-bond acceptors (Lipinski definition) is 3. The van der Waals surface area contributed by atoms with Crippen LogP contribution >= 0.6 is 0 Å². The van der Waals surface area contributed by atoms with Gasteiger partial charge in [0.1, 0.15) is 0 Å². The highest BCUT2D eigenvalue weighted by atomic mass is 16.3. The number of aromatic amines is 1. The second-order valence-electron chi connectivity index (χ2n) is 6.89. The number of para-hydroxylation sites is 1. The lowest BCUT2D eigenvalue weighted by molar-refractivity contribution is 0.0514. The maximum Gasteiger partial charge on any atom is 0.0524 e. The first kappa shape index (κ1) is 14.2. The molecular weight excluding hydrogens is 274 g/mol. The molecule has 0 saturated carbocycles. The van der Waals surface area contributed by atoms with Crippen LogP contribution in [0.1, 0.15) is 24.6 Å². The van der Waals surface area contributed by atoms with E-state index in [1.165, 1.54) is 22.2 Å². The smallest absolute Gasteiger partial charge is 0.0524 e. The normalized spacial score (nSPS) is 24.2. The quantitative estimate of drug-likeness (QED) is 0.911. The highest BCUT2D eigenvalue weighted by Gasteiger charge is 2.32. The van der Waals surface area contributed by atoms with Gasteiger partial charge in [-0.25, -0.2) is 0 Å². The van der Waals surface area contributed by atoms with E-state index in [9.17, 15) is 5.11 Å². The molecule has 2 atom stereocenters. The van der Waals surface area contributed by atoms with Gasteiger partial charge in [0.15, 0.2) is 0 Å². The monoisotopic (exact) mass is 299 g/mol. The van der Waals surface area contributed by atoms with Crippen molar-refractivity contribution < 1.29 is 5.11 Å². The van der Waals surface area contributed by atoms with Crippen molar-refractivity contribution in [1.82, 2.24) is 14.8 Å². The SMILES string of the molecule is CC(O)CCN1CCN2Cc3[nH]c4ccccc4c3CC2C1.